The molecule has 2 aromatic rings. The van der Waals surface area contributed by atoms with Crippen LogP contribution in [0, 0.1) is 5.92 Å². The normalized spacial score (nSPS) is 14.3. The Kier molecular flexibility index (Phi) is 3.82. The van der Waals surface area contributed by atoms with Crippen molar-refractivity contribution >= 4 is 22.4 Å². The first-order valence-corrected chi connectivity index (χ1v) is 7.67. The summed E-state index contributed by atoms with van der Waals surface area (Å²) in [6, 6.07) is 10.7. The zero-order chi connectivity index (χ0) is 14.8. The van der Waals surface area contributed by atoms with E-state index in [1.165, 1.54) is 41.2 Å². The summed E-state index contributed by atoms with van der Waals surface area (Å²) < 4.78 is 0. The third-order valence-corrected chi connectivity index (χ3v) is 4.11. The molecule has 1 saturated carbocycles. The maximum atomic E-state index is 11.0. The molecule has 0 heterocycles. The third-order valence-electron chi connectivity index (χ3n) is 4.11. The lowest BCUT2D eigenvalue weighted by atomic mass is 9.96. The number of rotatable bonds is 5. The van der Waals surface area contributed by atoms with Gasteiger partial charge in [0.25, 0.3) is 0 Å². The fraction of sp³-hybridized carbons (Fsp3) is 0.389. The van der Waals surface area contributed by atoms with Crippen LogP contribution >= 0.6 is 0 Å². The summed E-state index contributed by atoms with van der Waals surface area (Å²) in [5.41, 5.74) is 9.41. The predicted molar refractivity (Wildman–Crippen MR) is 87.2 cm³/mol. The Hall–Kier alpha value is -2.03. The van der Waals surface area contributed by atoms with E-state index < -0.39 is 0 Å². The van der Waals surface area contributed by atoms with Crippen LogP contribution in [0.4, 0.5) is 5.69 Å². The summed E-state index contributed by atoms with van der Waals surface area (Å²) in [7, 11) is 0. The van der Waals surface area contributed by atoms with Gasteiger partial charge in [0.1, 0.15) is 0 Å². The Labute approximate surface area is 125 Å². The second kappa shape index (κ2) is 5.76. The summed E-state index contributed by atoms with van der Waals surface area (Å²) in [5, 5.41) is 5.33. The number of carbonyl (C=O) groups excluding carboxylic acids is 1. The molecule has 0 aromatic heterocycles. The van der Waals surface area contributed by atoms with Gasteiger partial charge in [-0.3, -0.25) is 4.79 Å². The van der Waals surface area contributed by atoms with Crippen molar-refractivity contribution in [1.29, 1.82) is 0 Å². The molecule has 0 radical (unpaired) electrons. The maximum Gasteiger partial charge on any atom is 0.216 e. The van der Waals surface area contributed by atoms with Gasteiger partial charge in [0.15, 0.2) is 0 Å². The van der Waals surface area contributed by atoms with Crippen LogP contribution in [0.3, 0.4) is 0 Å². The lowest BCUT2D eigenvalue weighted by Gasteiger charge is -2.11. The van der Waals surface area contributed by atoms with Gasteiger partial charge in [-0.05, 0) is 65.6 Å². The number of amides is 1. The molecule has 3 N–H and O–H groups in total. The zero-order valence-electron chi connectivity index (χ0n) is 12.5. The highest BCUT2D eigenvalue weighted by molar-refractivity contribution is 5.89. The van der Waals surface area contributed by atoms with E-state index in [9.17, 15) is 4.79 Å². The summed E-state index contributed by atoms with van der Waals surface area (Å²) >= 11 is 0. The molecule has 3 rings (SSSR count). The Bertz CT molecular complexity index is 674. The van der Waals surface area contributed by atoms with Crippen molar-refractivity contribution in [1.82, 2.24) is 5.32 Å². The molecule has 1 fully saturated rings. The van der Waals surface area contributed by atoms with Crippen molar-refractivity contribution < 1.29 is 4.79 Å². The highest BCUT2D eigenvalue weighted by atomic mass is 16.1. The second-order valence-electron chi connectivity index (χ2n) is 6.12. The lowest BCUT2D eigenvalue weighted by molar-refractivity contribution is -0.118. The Morgan fingerprint density at radius 1 is 1.29 bits per heavy atom. The van der Waals surface area contributed by atoms with Gasteiger partial charge in [-0.15, -0.1) is 0 Å². The van der Waals surface area contributed by atoms with Gasteiger partial charge >= 0.3 is 0 Å². The molecule has 0 unspecified atom stereocenters. The summed E-state index contributed by atoms with van der Waals surface area (Å²) in [6.07, 6.45) is 4.74. The molecule has 1 amide bonds. The van der Waals surface area contributed by atoms with Crippen LogP contribution in [0.2, 0.25) is 0 Å². The molecule has 1 aliphatic rings. The standard InChI is InChI=1S/C18H22N2O/c1-12(21)20-7-6-16-10-14(8-13-2-3-13)9-15-4-5-17(19)11-18(15)16/h4-5,9-11,13H,2-3,6-8,19H2,1H3,(H,20,21). The van der Waals surface area contributed by atoms with E-state index in [0.29, 0.717) is 6.54 Å². The number of hydrogen-bond acceptors (Lipinski definition) is 2. The van der Waals surface area contributed by atoms with Crippen molar-refractivity contribution in [3.05, 3.63) is 41.5 Å². The minimum atomic E-state index is 0.0213. The number of nitrogen functional groups attached to an aromatic ring is 1. The van der Waals surface area contributed by atoms with Crippen molar-refractivity contribution in [3.8, 4) is 0 Å². The van der Waals surface area contributed by atoms with E-state index in [4.69, 9.17) is 5.73 Å². The van der Waals surface area contributed by atoms with Crippen molar-refractivity contribution in [2.45, 2.75) is 32.6 Å². The average molecular weight is 282 g/mol. The molecule has 0 bridgehead atoms. The van der Waals surface area contributed by atoms with E-state index in [-0.39, 0.29) is 5.91 Å². The van der Waals surface area contributed by atoms with Crippen LogP contribution in [0.1, 0.15) is 30.9 Å². The Balaban J connectivity index is 1.91. The number of hydrogen-bond donors (Lipinski definition) is 2. The van der Waals surface area contributed by atoms with E-state index >= 15 is 0 Å². The number of fused-ring (bicyclic) bond motifs is 1. The fourth-order valence-corrected chi connectivity index (χ4v) is 2.87. The number of benzene rings is 2. The first-order chi connectivity index (χ1) is 10.1. The van der Waals surface area contributed by atoms with Crippen LogP contribution in [-0.2, 0) is 17.6 Å². The van der Waals surface area contributed by atoms with Gasteiger partial charge in [-0.1, -0.05) is 18.2 Å². The minimum Gasteiger partial charge on any atom is -0.399 e. The van der Waals surface area contributed by atoms with Gasteiger partial charge in [-0.25, -0.2) is 0 Å². The summed E-state index contributed by atoms with van der Waals surface area (Å²) in [4.78, 5) is 11.0. The van der Waals surface area contributed by atoms with Gasteiger partial charge in [0, 0.05) is 19.2 Å². The molecule has 21 heavy (non-hydrogen) atoms. The molecule has 0 atom stereocenters. The van der Waals surface area contributed by atoms with Crippen LogP contribution < -0.4 is 11.1 Å². The van der Waals surface area contributed by atoms with Crippen molar-refractivity contribution in [3.63, 3.8) is 0 Å². The average Bonchev–Trinajstić information content (AvgIpc) is 3.23. The molecule has 2 aromatic carbocycles. The molecule has 0 saturated heterocycles. The number of carbonyl (C=O) groups is 1. The van der Waals surface area contributed by atoms with E-state index in [1.54, 1.807) is 6.92 Å². The monoisotopic (exact) mass is 282 g/mol. The van der Waals surface area contributed by atoms with Crippen LogP contribution in [0.25, 0.3) is 10.8 Å². The summed E-state index contributed by atoms with van der Waals surface area (Å²) in [5.74, 6) is 0.896. The topological polar surface area (TPSA) is 55.1 Å². The zero-order valence-corrected chi connectivity index (χ0v) is 12.5. The minimum absolute atomic E-state index is 0.0213. The molecular formula is C18H22N2O. The van der Waals surface area contributed by atoms with E-state index in [1.807, 2.05) is 12.1 Å². The maximum absolute atomic E-state index is 11.0. The number of anilines is 1. The molecule has 0 spiro atoms. The van der Waals surface area contributed by atoms with Gasteiger partial charge in [0.2, 0.25) is 5.91 Å². The van der Waals surface area contributed by atoms with E-state index in [0.717, 1.165) is 18.0 Å². The van der Waals surface area contributed by atoms with Crippen LogP contribution in [-0.4, -0.2) is 12.5 Å². The molecule has 3 heteroatoms. The van der Waals surface area contributed by atoms with Crippen LogP contribution in [0.5, 0.6) is 0 Å². The number of nitrogens with two attached hydrogens (primary N) is 1. The second-order valence-corrected chi connectivity index (χ2v) is 6.12. The Morgan fingerprint density at radius 2 is 2.10 bits per heavy atom. The molecule has 1 aliphatic carbocycles. The first-order valence-electron chi connectivity index (χ1n) is 7.67. The smallest absolute Gasteiger partial charge is 0.216 e. The highest BCUT2D eigenvalue weighted by Gasteiger charge is 2.21. The van der Waals surface area contributed by atoms with Crippen LogP contribution in [0.15, 0.2) is 30.3 Å². The third kappa shape index (κ3) is 3.54. The lowest BCUT2D eigenvalue weighted by Crippen LogP contribution is -2.22. The molecule has 0 aliphatic heterocycles. The Morgan fingerprint density at radius 3 is 2.81 bits per heavy atom. The van der Waals surface area contributed by atoms with E-state index in [2.05, 4.69) is 23.5 Å². The van der Waals surface area contributed by atoms with Gasteiger partial charge in [-0.2, -0.15) is 0 Å². The SMILES string of the molecule is CC(=O)NCCc1cc(CC2CC2)cc2ccc(N)cc12. The number of nitrogens with one attached hydrogen (secondary N) is 1. The molecule has 3 nitrogen and oxygen atoms in total. The summed E-state index contributed by atoms with van der Waals surface area (Å²) in [6.45, 7) is 2.23. The predicted octanol–water partition coefficient (Wildman–Crippen LogP) is 3.05. The molecular weight excluding hydrogens is 260 g/mol. The first kappa shape index (κ1) is 13.9. The quantitative estimate of drug-likeness (QED) is 0.828. The van der Waals surface area contributed by atoms with Gasteiger partial charge < -0.3 is 11.1 Å². The highest BCUT2D eigenvalue weighted by Crippen LogP contribution is 2.34. The van der Waals surface area contributed by atoms with Crippen molar-refractivity contribution in [2.24, 2.45) is 5.92 Å². The van der Waals surface area contributed by atoms with Crippen molar-refractivity contribution in [2.75, 3.05) is 12.3 Å². The largest absolute Gasteiger partial charge is 0.399 e. The van der Waals surface area contributed by atoms with Gasteiger partial charge in [0.05, 0.1) is 0 Å². The fourth-order valence-electron chi connectivity index (χ4n) is 2.87. The molecule has 110 valence electrons.